The highest BCUT2D eigenvalue weighted by Crippen LogP contribution is 2.28. The number of nitrogens with zero attached hydrogens (tertiary/aromatic N) is 4. The molecule has 2 heterocycles. The van der Waals surface area contributed by atoms with Crippen LogP contribution in [-0.4, -0.2) is 73.0 Å². The van der Waals surface area contributed by atoms with Crippen molar-refractivity contribution in [2.75, 3.05) is 50.8 Å². The molecule has 8 heteroatoms. The maximum Gasteiger partial charge on any atom is 0.191 e. The van der Waals surface area contributed by atoms with Gasteiger partial charge in [0.2, 0.25) is 0 Å². The number of nitrogens with two attached hydrogens (primary N) is 1. The van der Waals surface area contributed by atoms with Crippen LogP contribution in [0.4, 0.5) is 5.13 Å². The molecule has 128 valence electrons. The van der Waals surface area contributed by atoms with Gasteiger partial charge in [0.25, 0.3) is 0 Å². The van der Waals surface area contributed by atoms with Crippen molar-refractivity contribution in [3.63, 3.8) is 0 Å². The van der Waals surface area contributed by atoms with E-state index >= 15 is 0 Å². The summed E-state index contributed by atoms with van der Waals surface area (Å²) in [6.45, 7) is 4.81. The lowest BCUT2D eigenvalue weighted by molar-refractivity contribution is 0.0367. The molecule has 23 heavy (non-hydrogen) atoms. The fourth-order valence-electron chi connectivity index (χ4n) is 2.51. The summed E-state index contributed by atoms with van der Waals surface area (Å²) in [5.74, 6) is 1.22. The zero-order valence-corrected chi connectivity index (χ0v) is 14.1. The van der Waals surface area contributed by atoms with Crippen LogP contribution in [0.25, 0.3) is 0 Å². The molecule has 0 radical (unpaired) electrons. The molecule has 2 fully saturated rings. The van der Waals surface area contributed by atoms with Gasteiger partial charge in [0.05, 0.1) is 19.3 Å². The van der Waals surface area contributed by atoms with Crippen LogP contribution in [0, 0.1) is 5.92 Å². The number of rotatable bonds is 7. The number of hydrogen-bond acceptors (Lipinski definition) is 6. The van der Waals surface area contributed by atoms with Crippen LogP contribution < -0.4 is 10.6 Å². The maximum atomic E-state index is 9.88. The van der Waals surface area contributed by atoms with Crippen molar-refractivity contribution >= 4 is 22.4 Å². The molecule has 0 amide bonds. The van der Waals surface area contributed by atoms with E-state index in [1.807, 2.05) is 11.6 Å². The van der Waals surface area contributed by atoms with Gasteiger partial charge in [-0.2, -0.15) is 0 Å². The summed E-state index contributed by atoms with van der Waals surface area (Å²) in [4.78, 5) is 13.0. The predicted octanol–water partition coefficient (Wildman–Crippen LogP) is 0.367. The molecule has 1 saturated carbocycles. The number of aliphatic hydroxyl groups is 1. The third-order valence-electron chi connectivity index (χ3n) is 4.12. The van der Waals surface area contributed by atoms with Crippen LogP contribution in [0.5, 0.6) is 0 Å². The number of hydrogen-bond donors (Lipinski definition) is 2. The number of thiazole rings is 1. The van der Waals surface area contributed by atoms with E-state index in [1.54, 1.807) is 11.3 Å². The van der Waals surface area contributed by atoms with E-state index in [4.69, 9.17) is 10.5 Å². The molecule has 1 atom stereocenters. The number of aliphatic hydroxyl groups excluding tert-OH is 1. The molecule has 1 aliphatic carbocycles. The predicted molar refractivity (Wildman–Crippen MR) is 91.9 cm³/mol. The zero-order valence-electron chi connectivity index (χ0n) is 13.3. The second kappa shape index (κ2) is 7.94. The van der Waals surface area contributed by atoms with Crippen LogP contribution in [0.2, 0.25) is 0 Å². The number of guanidine groups is 1. The summed E-state index contributed by atoms with van der Waals surface area (Å²) in [6.07, 6.45) is 3.76. The van der Waals surface area contributed by atoms with Gasteiger partial charge >= 0.3 is 0 Å². The van der Waals surface area contributed by atoms with Crippen LogP contribution in [0.1, 0.15) is 12.8 Å². The lowest BCUT2D eigenvalue weighted by atomic mass is 10.3. The fourth-order valence-corrected chi connectivity index (χ4v) is 3.20. The van der Waals surface area contributed by atoms with Gasteiger partial charge in [0, 0.05) is 44.4 Å². The Kier molecular flexibility index (Phi) is 5.69. The summed E-state index contributed by atoms with van der Waals surface area (Å²) in [5, 5.41) is 12.9. The molecule has 7 nitrogen and oxygen atoms in total. The third-order valence-corrected chi connectivity index (χ3v) is 4.95. The molecule has 3 rings (SSSR count). The molecule has 1 unspecified atom stereocenters. The monoisotopic (exact) mass is 339 g/mol. The van der Waals surface area contributed by atoms with Gasteiger partial charge in [-0.3, -0.25) is 4.99 Å². The molecule has 1 aromatic rings. The first-order chi connectivity index (χ1) is 11.2. The normalized spacial score (nSPS) is 20.8. The number of piperazine rings is 1. The Bertz CT molecular complexity index is 498. The summed E-state index contributed by atoms with van der Waals surface area (Å²) >= 11 is 1.66. The average molecular weight is 339 g/mol. The van der Waals surface area contributed by atoms with E-state index in [-0.39, 0.29) is 0 Å². The maximum absolute atomic E-state index is 9.88. The third kappa shape index (κ3) is 5.05. The standard InChI is InChI=1S/C15H25N5O2S/c16-14(18-9-13(21)11-22-10-12-1-2-12)19-4-6-20(7-5-19)15-17-3-8-23-15/h3,8,12-13,21H,1-2,4-7,9-11H2,(H2,16,18). The molecule has 1 aliphatic heterocycles. The van der Waals surface area contributed by atoms with E-state index in [0.29, 0.717) is 25.0 Å². The summed E-state index contributed by atoms with van der Waals surface area (Å²) in [5.41, 5.74) is 6.04. The van der Waals surface area contributed by atoms with Crippen LogP contribution >= 0.6 is 11.3 Å². The van der Waals surface area contributed by atoms with Gasteiger partial charge in [0.1, 0.15) is 0 Å². The zero-order chi connectivity index (χ0) is 16.1. The van der Waals surface area contributed by atoms with E-state index in [1.165, 1.54) is 12.8 Å². The second-order valence-electron chi connectivity index (χ2n) is 6.12. The molecule has 1 saturated heterocycles. The van der Waals surface area contributed by atoms with Gasteiger partial charge in [0.15, 0.2) is 11.1 Å². The Morgan fingerprint density at radius 1 is 1.43 bits per heavy atom. The Hall–Kier alpha value is -1.38. The highest BCUT2D eigenvalue weighted by atomic mass is 32.1. The van der Waals surface area contributed by atoms with Crippen molar-refractivity contribution in [1.29, 1.82) is 0 Å². The van der Waals surface area contributed by atoms with E-state index in [2.05, 4.69) is 19.8 Å². The Labute approximate surface area is 140 Å². The molecule has 0 bridgehead atoms. The lowest BCUT2D eigenvalue weighted by Crippen LogP contribution is -2.51. The highest BCUT2D eigenvalue weighted by Gasteiger charge is 2.22. The van der Waals surface area contributed by atoms with Gasteiger partial charge in [-0.05, 0) is 18.8 Å². The molecule has 0 spiro atoms. The van der Waals surface area contributed by atoms with Gasteiger partial charge in [-0.1, -0.05) is 0 Å². The largest absolute Gasteiger partial charge is 0.389 e. The fraction of sp³-hybridized carbons (Fsp3) is 0.733. The molecular weight excluding hydrogens is 314 g/mol. The van der Waals surface area contributed by atoms with Gasteiger partial charge in [-0.25, -0.2) is 4.98 Å². The smallest absolute Gasteiger partial charge is 0.191 e. The van der Waals surface area contributed by atoms with Crippen molar-refractivity contribution in [2.45, 2.75) is 18.9 Å². The highest BCUT2D eigenvalue weighted by molar-refractivity contribution is 7.13. The van der Waals surface area contributed by atoms with E-state index in [0.717, 1.165) is 37.9 Å². The topological polar surface area (TPSA) is 87.2 Å². The lowest BCUT2D eigenvalue weighted by Gasteiger charge is -2.35. The second-order valence-corrected chi connectivity index (χ2v) is 7.00. The number of anilines is 1. The molecular formula is C15H25N5O2S. The van der Waals surface area contributed by atoms with Crippen LogP contribution in [0.15, 0.2) is 16.6 Å². The summed E-state index contributed by atoms with van der Waals surface area (Å²) < 4.78 is 5.47. The van der Waals surface area contributed by atoms with Crippen molar-refractivity contribution in [3.05, 3.63) is 11.6 Å². The van der Waals surface area contributed by atoms with Crippen molar-refractivity contribution < 1.29 is 9.84 Å². The Morgan fingerprint density at radius 2 is 2.22 bits per heavy atom. The molecule has 2 aliphatic rings. The van der Waals surface area contributed by atoms with E-state index < -0.39 is 6.10 Å². The quantitative estimate of drug-likeness (QED) is 0.551. The Morgan fingerprint density at radius 3 is 2.87 bits per heavy atom. The number of aliphatic imine (C=N–C) groups is 1. The minimum atomic E-state index is -0.580. The van der Waals surface area contributed by atoms with E-state index in [9.17, 15) is 5.11 Å². The van der Waals surface area contributed by atoms with Gasteiger partial charge in [-0.15, -0.1) is 11.3 Å². The summed E-state index contributed by atoms with van der Waals surface area (Å²) in [7, 11) is 0. The molecule has 0 aromatic carbocycles. The molecule has 1 aromatic heterocycles. The summed E-state index contributed by atoms with van der Waals surface area (Å²) in [6, 6.07) is 0. The number of aromatic nitrogens is 1. The minimum absolute atomic E-state index is 0.295. The van der Waals surface area contributed by atoms with Crippen LogP contribution in [-0.2, 0) is 4.74 Å². The van der Waals surface area contributed by atoms with Crippen molar-refractivity contribution in [1.82, 2.24) is 9.88 Å². The first-order valence-corrected chi connectivity index (χ1v) is 9.05. The average Bonchev–Trinajstić information content (AvgIpc) is 3.23. The van der Waals surface area contributed by atoms with Gasteiger partial charge < -0.3 is 25.4 Å². The Balaban J connectivity index is 1.36. The first-order valence-electron chi connectivity index (χ1n) is 8.17. The van der Waals surface area contributed by atoms with Crippen molar-refractivity contribution in [3.8, 4) is 0 Å². The number of ether oxygens (including phenoxy) is 1. The SMILES string of the molecule is NC(=NCC(O)COCC1CC1)N1CCN(c2nccs2)CC1. The first kappa shape index (κ1) is 16.5. The van der Waals surface area contributed by atoms with Crippen LogP contribution in [0.3, 0.4) is 0 Å². The van der Waals surface area contributed by atoms with Crippen molar-refractivity contribution in [2.24, 2.45) is 16.6 Å². The molecule has 3 N–H and O–H groups in total. The minimum Gasteiger partial charge on any atom is -0.389 e.